The number of hydrogen-bond donors (Lipinski definition) is 2. The molecule has 0 saturated carbocycles. The molecule has 0 saturated heterocycles. The fourth-order valence-electron chi connectivity index (χ4n) is 1.36. The van der Waals surface area contributed by atoms with Crippen molar-refractivity contribution in [2.75, 3.05) is 7.05 Å². The maximum absolute atomic E-state index is 10.8. The van der Waals surface area contributed by atoms with E-state index in [2.05, 4.69) is 5.32 Å². The van der Waals surface area contributed by atoms with Gasteiger partial charge in [0.05, 0.1) is 4.92 Å². The number of hydrogen-bond acceptors (Lipinski definition) is 5. The molecule has 0 aliphatic rings. The van der Waals surface area contributed by atoms with Gasteiger partial charge in [-0.3, -0.25) is 10.1 Å². The van der Waals surface area contributed by atoms with Crippen LogP contribution in [0.1, 0.15) is 12.5 Å². The lowest BCUT2D eigenvalue weighted by molar-refractivity contribution is -0.386. The quantitative estimate of drug-likeness (QED) is 0.583. The van der Waals surface area contributed by atoms with Crippen molar-refractivity contribution >= 4 is 11.7 Å². The molecule has 1 aromatic carbocycles. The minimum Gasteiger partial charge on any atom is -0.479 e. The summed E-state index contributed by atoms with van der Waals surface area (Å²) < 4.78 is 5.09. The Balaban J connectivity index is 3.07. The van der Waals surface area contributed by atoms with Gasteiger partial charge in [-0.2, -0.15) is 0 Å². The third-order valence-corrected chi connectivity index (χ3v) is 2.25. The van der Waals surface area contributed by atoms with Crippen molar-refractivity contribution in [2.45, 2.75) is 19.6 Å². The number of nitrogens with zero attached hydrogens (tertiary/aromatic N) is 1. The second-order valence-corrected chi connectivity index (χ2v) is 3.69. The number of benzene rings is 1. The van der Waals surface area contributed by atoms with Crippen molar-refractivity contribution in [3.05, 3.63) is 33.9 Å². The van der Waals surface area contributed by atoms with Gasteiger partial charge in [0, 0.05) is 12.6 Å². The highest BCUT2D eigenvalue weighted by molar-refractivity contribution is 5.72. The molecule has 0 heterocycles. The second kappa shape index (κ2) is 5.97. The van der Waals surface area contributed by atoms with Crippen molar-refractivity contribution in [3.63, 3.8) is 0 Å². The Hall–Kier alpha value is -2.15. The first-order valence-corrected chi connectivity index (χ1v) is 5.27. The Morgan fingerprint density at radius 2 is 2.28 bits per heavy atom. The van der Waals surface area contributed by atoms with Crippen LogP contribution >= 0.6 is 0 Å². The van der Waals surface area contributed by atoms with Gasteiger partial charge in [-0.1, -0.05) is 6.07 Å². The molecule has 0 fully saturated rings. The lowest BCUT2D eigenvalue weighted by Gasteiger charge is -2.11. The van der Waals surface area contributed by atoms with Crippen LogP contribution in [0.4, 0.5) is 5.69 Å². The van der Waals surface area contributed by atoms with Crippen molar-refractivity contribution in [3.8, 4) is 5.75 Å². The number of aliphatic carboxylic acids is 1. The van der Waals surface area contributed by atoms with E-state index in [1.54, 1.807) is 13.1 Å². The van der Waals surface area contributed by atoms with E-state index in [9.17, 15) is 14.9 Å². The van der Waals surface area contributed by atoms with Crippen LogP contribution in [0.2, 0.25) is 0 Å². The van der Waals surface area contributed by atoms with Crippen molar-refractivity contribution in [2.24, 2.45) is 0 Å². The van der Waals surface area contributed by atoms with Crippen molar-refractivity contribution in [1.29, 1.82) is 0 Å². The zero-order valence-electron chi connectivity index (χ0n) is 10.0. The fraction of sp³-hybridized carbons (Fsp3) is 0.364. The van der Waals surface area contributed by atoms with Crippen LogP contribution in [0, 0.1) is 10.1 Å². The molecule has 98 valence electrons. The Bertz CT molecular complexity index is 461. The standard InChI is InChI=1S/C11H14N2O5/c1-7(11(14)15)18-10-5-8(6-12-2)3-4-9(10)13(16)17/h3-5,7,12H,6H2,1-2H3,(H,14,15). The highest BCUT2D eigenvalue weighted by Gasteiger charge is 2.20. The van der Waals surface area contributed by atoms with Gasteiger partial charge in [0.25, 0.3) is 0 Å². The van der Waals surface area contributed by atoms with E-state index in [0.717, 1.165) is 5.56 Å². The van der Waals surface area contributed by atoms with Gasteiger partial charge >= 0.3 is 11.7 Å². The first-order valence-electron chi connectivity index (χ1n) is 5.27. The molecular formula is C11H14N2O5. The molecule has 0 amide bonds. The number of nitrogens with one attached hydrogen (secondary N) is 1. The Kier molecular flexibility index (Phi) is 4.61. The van der Waals surface area contributed by atoms with Crippen LogP contribution in [0.5, 0.6) is 5.75 Å². The molecule has 0 aromatic heterocycles. The van der Waals surface area contributed by atoms with Crippen LogP contribution in [-0.4, -0.2) is 29.2 Å². The zero-order chi connectivity index (χ0) is 13.7. The normalized spacial score (nSPS) is 11.9. The summed E-state index contributed by atoms with van der Waals surface area (Å²) in [5.74, 6) is -1.22. The fourth-order valence-corrected chi connectivity index (χ4v) is 1.36. The molecule has 1 rings (SSSR count). The van der Waals surface area contributed by atoms with Gasteiger partial charge in [0.2, 0.25) is 0 Å². The number of rotatable bonds is 6. The molecule has 1 unspecified atom stereocenters. The molecule has 0 spiro atoms. The number of carbonyl (C=O) groups is 1. The summed E-state index contributed by atoms with van der Waals surface area (Å²) in [6.45, 7) is 1.83. The first kappa shape index (κ1) is 13.9. The number of nitro groups is 1. The van der Waals surface area contributed by atoms with E-state index in [4.69, 9.17) is 9.84 Å². The molecular weight excluding hydrogens is 240 g/mol. The van der Waals surface area contributed by atoms with E-state index < -0.39 is 17.0 Å². The van der Waals surface area contributed by atoms with E-state index in [0.29, 0.717) is 6.54 Å². The lowest BCUT2D eigenvalue weighted by Crippen LogP contribution is -2.23. The number of nitro benzene ring substituents is 1. The highest BCUT2D eigenvalue weighted by atomic mass is 16.6. The van der Waals surface area contributed by atoms with Crippen LogP contribution in [0.3, 0.4) is 0 Å². The predicted molar refractivity (Wildman–Crippen MR) is 63.6 cm³/mol. The topological polar surface area (TPSA) is 102 Å². The summed E-state index contributed by atoms with van der Waals surface area (Å²) in [6.07, 6.45) is -1.14. The van der Waals surface area contributed by atoms with Crippen LogP contribution in [0.25, 0.3) is 0 Å². The predicted octanol–water partition coefficient (Wildman–Crippen LogP) is 1.17. The lowest BCUT2D eigenvalue weighted by atomic mass is 10.2. The first-order chi connectivity index (χ1) is 8.45. The maximum Gasteiger partial charge on any atom is 0.344 e. The molecule has 7 nitrogen and oxygen atoms in total. The molecule has 0 radical (unpaired) electrons. The molecule has 1 aromatic rings. The summed E-state index contributed by atoms with van der Waals surface area (Å²) in [6, 6.07) is 4.36. The van der Waals surface area contributed by atoms with Crippen LogP contribution < -0.4 is 10.1 Å². The van der Waals surface area contributed by atoms with Gasteiger partial charge in [-0.05, 0) is 25.6 Å². The molecule has 0 aliphatic heterocycles. The zero-order valence-corrected chi connectivity index (χ0v) is 10.0. The molecule has 2 N–H and O–H groups in total. The third kappa shape index (κ3) is 3.42. The second-order valence-electron chi connectivity index (χ2n) is 3.69. The van der Waals surface area contributed by atoms with E-state index in [1.807, 2.05) is 0 Å². The minimum absolute atomic E-state index is 0.0392. The average molecular weight is 254 g/mol. The van der Waals surface area contributed by atoms with Gasteiger partial charge in [-0.15, -0.1) is 0 Å². The Labute approximate surface area is 104 Å². The third-order valence-electron chi connectivity index (χ3n) is 2.25. The SMILES string of the molecule is CNCc1ccc([N+](=O)[O-])c(OC(C)C(=O)O)c1. The highest BCUT2D eigenvalue weighted by Crippen LogP contribution is 2.28. The smallest absolute Gasteiger partial charge is 0.344 e. The molecule has 18 heavy (non-hydrogen) atoms. The molecule has 7 heteroatoms. The molecule has 0 bridgehead atoms. The van der Waals surface area contributed by atoms with E-state index in [1.165, 1.54) is 19.1 Å². The van der Waals surface area contributed by atoms with Gasteiger partial charge in [0.1, 0.15) is 0 Å². The molecule has 1 atom stereocenters. The summed E-state index contributed by atoms with van der Waals surface area (Å²) in [7, 11) is 1.74. The monoisotopic (exact) mass is 254 g/mol. The minimum atomic E-state index is -1.18. The Morgan fingerprint density at radius 3 is 2.78 bits per heavy atom. The van der Waals surface area contributed by atoms with Gasteiger partial charge in [0.15, 0.2) is 11.9 Å². The average Bonchev–Trinajstić information content (AvgIpc) is 2.29. The Morgan fingerprint density at radius 1 is 1.61 bits per heavy atom. The van der Waals surface area contributed by atoms with E-state index in [-0.39, 0.29) is 11.4 Å². The molecule has 0 aliphatic carbocycles. The van der Waals surface area contributed by atoms with Gasteiger partial charge < -0.3 is 15.2 Å². The number of ether oxygens (including phenoxy) is 1. The van der Waals surface area contributed by atoms with Crippen LogP contribution in [-0.2, 0) is 11.3 Å². The summed E-state index contributed by atoms with van der Waals surface area (Å²) >= 11 is 0. The largest absolute Gasteiger partial charge is 0.479 e. The van der Waals surface area contributed by atoms with Gasteiger partial charge in [-0.25, -0.2) is 4.79 Å². The summed E-state index contributed by atoms with van der Waals surface area (Å²) in [4.78, 5) is 20.9. The van der Waals surface area contributed by atoms with Crippen molar-refractivity contribution < 1.29 is 19.6 Å². The number of carboxylic acid groups (broad SMARTS) is 1. The van der Waals surface area contributed by atoms with E-state index >= 15 is 0 Å². The van der Waals surface area contributed by atoms with Crippen LogP contribution in [0.15, 0.2) is 18.2 Å². The summed E-state index contributed by atoms with van der Waals surface area (Å²) in [5, 5.41) is 22.4. The number of carboxylic acids is 1. The van der Waals surface area contributed by atoms with Crippen molar-refractivity contribution in [1.82, 2.24) is 5.32 Å². The maximum atomic E-state index is 10.8. The summed E-state index contributed by atoms with van der Waals surface area (Å²) in [5.41, 5.74) is 0.527.